The summed E-state index contributed by atoms with van der Waals surface area (Å²) >= 11 is 0. The maximum atomic E-state index is 14.2. The van der Waals surface area contributed by atoms with Crippen molar-refractivity contribution in [1.29, 1.82) is 0 Å². The van der Waals surface area contributed by atoms with E-state index in [0.717, 1.165) is 12.0 Å². The molecule has 0 radical (unpaired) electrons. The SMILES string of the molecule is CC1=C[C@]23C(=O)[C@@H](C=C(COC(=O)NCc4ccccc4)[C@@H](O)[C@]2(O)[C@H]1O)[C@H]1[C@@H](C[C@H]3C)C1(C)C. The number of nitrogens with one attached hydrogen (secondary N) is 1. The van der Waals surface area contributed by atoms with E-state index in [4.69, 9.17) is 4.74 Å². The Kier molecular flexibility index (Phi) is 5.55. The lowest BCUT2D eigenvalue weighted by Crippen LogP contribution is -2.65. The number of ketones is 1. The quantitative estimate of drug-likeness (QED) is 0.492. The predicted molar refractivity (Wildman–Crippen MR) is 129 cm³/mol. The van der Waals surface area contributed by atoms with Crippen molar-refractivity contribution in [3.05, 3.63) is 59.2 Å². The van der Waals surface area contributed by atoms with E-state index in [1.165, 1.54) is 0 Å². The lowest BCUT2D eigenvalue weighted by atomic mass is 9.59. The molecule has 0 unspecified atom stereocenters. The lowest BCUT2D eigenvalue weighted by Gasteiger charge is -2.48. The van der Waals surface area contributed by atoms with Crippen LogP contribution >= 0.6 is 0 Å². The first-order chi connectivity index (χ1) is 16.5. The van der Waals surface area contributed by atoms with Gasteiger partial charge in [0, 0.05) is 12.5 Å². The molecule has 4 aliphatic rings. The van der Waals surface area contributed by atoms with Crippen LogP contribution in [0.1, 0.15) is 39.7 Å². The van der Waals surface area contributed by atoms with Crippen molar-refractivity contribution in [3.63, 3.8) is 0 Å². The Morgan fingerprint density at radius 3 is 2.54 bits per heavy atom. The number of aliphatic hydroxyl groups excluding tert-OH is 2. The fraction of sp³-hybridized carbons (Fsp3) is 0.571. The molecule has 2 bridgehead atoms. The molecule has 1 amide bonds. The maximum absolute atomic E-state index is 14.2. The molecule has 0 aliphatic heterocycles. The standard InChI is InChI=1S/C28H35NO6/c1-15-12-27-16(2)10-20-21(26(20,3)4)19(24(27)32)11-18(23(31)28(27,34)22(15)30)14-35-25(33)29-13-17-8-6-5-7-9-17/h5-9,11-12,16,19-23,30-31,34H,10,13-14H2,1-4H3,(H,29,33)/t16-,19+,20-,21+,22+,23-,27+,28-/m1/s1. The van der Waals surface area contributed by atoms with Crippen molar-refractivity contribution >= 4 is 11.9 Å². The monoisotopic (exact) mass is 481 g/mol. The highest BCUT2D eigenvalue weighted by Gasteiger charge is 2.75. The maximum Gasteiger partial charge on any atom is 0.407 e. The van der Waals surface area contributed by atoms with E-state index in [1.54, 1.807) is 19.1 Å². The number of benzene rings is 1. The third kappa shape index (κ3) is 3.28. The van der Waals surface area contributed by atoms with Gasteiger partial charge in [0.25, 0.3) is 0 Å². The van der Waals surface area contributed by atoms with E-state index < -0.39 is 35.2 Å². The van der Waals surface area contributed by atoms with E-state index in [9.17, 15) is 24.9 Å². The van der Waals surface area contributed by atoms with E-state index >= 15 is 0 Å². The number of carbonyl (C=O) groups excluding carboxylic acids is 2. The van der Waals surface area contributed by atoms with Crippen LogP contribution in [0, 0.1) is 34.5 Å². The van der Waals surface area contributed by atoms with Crippen LogP contribution in [0.25, 0.3) is 0 Å². The van der Waals surface area contributed by atoms with Gasteiger partial charge in [0.15, 0.2) is 5.78 Å². The summed E-state index contributed by atoms with van der Waals surface area (Å²) < 4.78 is 5.43. The summed E-state index contributed by atoms with van der Waals surface area (Å²) in [7, 11) is 0. The van der Waals surface area contributed by atoms with E-state index in [-0.39, 0.29) is 41.8 Å². The highest BCUT2D eigenvalue weighted by Crippen LogP contribution is 2.71. The van der Waals surface area contributed by atoms with Crippen LogP contribution in [0.15, 0.2) is 53.6 Å². The average molecular weight is 482 g/mol. The van der Waals surface area contributed by atoms with Crippen molar-refractivity contribution in [1.82, 2.24) is 5.32 Å². The zero-order valence-electron chi connectivity index (χ0n) is 20.7. The number of ether oxygens (including phenoxy) is 1. The Labute approximate surface area is 205 Å². The van der Waals surface area contributed by atoms with Crippen LogP contribution in [0.5, 0.6) is 0 Å². The van der Waals surface area contributed by atoms with Crippen molar-refractivity contribution in [2.24, 2.45) is 34.5 Å². The van der Waals surface area contributed by atoms with Gasteiger partial charge in [-0.05, 0) is 53.2 Å². The lowest BCUT2D eigenvalue weighted by molar-refractivity contribution is -0.190. The number of carbonyl (C=O) groups is 2. The second-order valence-electron chi connectivity index (χ2n) is 11.5. The topological polar surface area (TPSA) is 116 Å². The molecular weight excluding hydrogens is 446 g/mol. The van der Waals surface area contributed by atoms with Gasteiger partial charge in [-0.15, -0.1) is 0 Å². The first-order valence-electron chi connectivity index (χ1n) is 12.4. The number of amides is 1. The smallest absolute Gasteiger partial charge is 0.407 e. The molecule has 0 saturated heterocycles. The number of alkyl carbamates (subject to hydrolysis) is 1. The number of Topliss-reactive ketones (excluding diaryl/α,β-unsaturated/α-hetero) is 1. The first-order valence-corrected chi connectivity index (χ1v) is 12.4. The largest absolute Gasteiger partial charge is 0.445 e. The van der Waals surface area contributed by atoms with Gasteiger partial charge < -0.3 is 25.4 Å². The zero-order valence-corrected chi connectivity index (χ0v) is 20.7. The number of hydrogen-bond acceptors (Lipinski definition) is 6. The molecule has 2 saturated carbocycles. The van der Waals surface area contributed by atoms with Gasteiger partial charge in [0.05, 0.1) is 5.41 Å². The van der Waals surface area contributed by atoms with Crippen LogP contribution in [0.3, 0.4) is 0 Å². The molecule has 8 atom stereocenters. The van der Waals surface area contributed by atoms with E-state index in [2.05, 4.69) is 19.2 Å². The first kappa shape index (κ1) is 24.2. The zero-order chi connectivity index (χ0) is 25.3. The molecule has 4 aliphatic carbocycles. The molecule has 35 heavy (non-hydrogen) atoms. The normalized spacial score (nSPS) is 40.9. The Bertz CT molecular complexity index is 1110. The summed E-state index contributed by atoms with van der Waals surface area (Å²) in [6.45, 7) is 7.91. The molecular formula is C28H35NO6. The third-order valence-corrected chi connectivity index (χ3v) is 9.40. The number of allylic oxidation sites excluding steroid dienone is 1. The van der Waals surface area contributed by atoms with Gasteiger partial charge in [-0.25, -0.2) is 4.79 Å². The fourth-order valence-electron chi connectivity index (χ4n) is 7.39. The minimum atomic E-state index is -2.13. The van der Waals surface area contributed by atoms with Crippen LogP contribution in [-0.2, 0) is 16.1 Å². The molecule has 0 heterocycles. The molecule has 0 aromatic heterocycles. The van der Waals surface area contributed by atoms with Crippen LogP contribution < -0.4 is 5.32 Å². The Morgan fingerprint density at radius 2 is 1.86 bits per heavy atom. The highest BCUT2D eigenvalue weighted by atomic mass is 16.5. The summed E-state index contributed by atoms with van der Waals surface area (Å²) in [4.78, 5) is 26.6. The second kappa shape index (κ2) is 8.02. The van der Waals surface area contributed by atoms with Gasteiger partial charge in [-0.2, -0.15) is 0 Å². The van der Waals surface area contributed by atoms with Gasteiger partial charge in [-0.1, -0.05) is 63.3 Å². The predicted octanol–water partition coefficient (Wildman–Crippen LogP) is 2.75. The summed E-state index contributed by atoms with van der Waals surface area (Å²) in [5.74, 6) is -0.610. The number of aliphatic hydroxyl groups is 3. The summed E-state index contributed by atoms with van der Waals surface area (Å²) in [6.07, 6.45) is 0.494. The summed E-state index contributed by atoms with van der Waals surface area (Å²) in [6, 6.07) is 9.40. The fourth-order valence-corrected chi connectivity index (χ4v) is 7.39. The highest BCUT2D eigenvalue weighted by molar-refractivity contribution is 5.95. The van der Waals surface area contributed by atoms with Gasteiger partial charge in [-0.3, -0.25) is 4.79 Å². The molecule has 5 rings (SSSR count). The van der Waals surface area contributed by atoms with E-state index in [1.807, 2.05) is 37.3 Å². The Balaban J connectivity index is 1.45. The van der Waals surface area contributed by atoms with Gasteiger partial charge >= 0.3 is 6.09 Å². The average Bonchev–Trinajstić information content (AvgIpc) is 3.33. The second-order valence-corrected chi connectivity index (χ2v) is 11.5. The molecule has 7 heteroatoms. The van der Waals surface area contributed by atoms with E-state index in [0.29, 0.717) is 11.5 Å². The minimum absolute atomic E-state index is 0.0465. The van der Waals surface area contributed by atoms with Crippen molar-refractivity contribution in [2.45, 2.75) is 58.5 Å². The number of fused-ring (bicyclic) bond motifs is 3. The molecule has 4 N–H and O–H groups in total. The molecule has 2 fully saturated rings. The van der Waals surface area contributed by atoms with Crippen molar-refractivity contribution < 1.29 is 29.6 Å². The summed E-state index contributed by atoms with van der Waals surface area (Å²) in [5, 5.41) is 37.3. The molecule has 188 valence electrons. The Morgan fingerprint density at radius 1 is 1.17 bits per heavy atom. The molecule has 1 aromatic carbocycles. The molecule has 1 spiro atoms. The van der Waals surface area contributed by atoms with Crippen molar-refractivity contribution in [2.75, 3.05) is 6.61 Å². The summed E-state index contributed by atoms with van der Waals surface area (Å²) in [5.41, 5.74) is -1.94. The minimum Gasteiger partial charge on any atom is -0.445 e. The molecule has 7 nitrogen and oxygen atoms in total. The number of rotatable bonds is 4. The van der Waals surface area contributed by atoms with Gasteiger partial charge in [0.1, 0.15) is 24.4 Å². The van der Waals surface area contributed by atoms with Gasteiger partial charge in [0.2, 0.25) is 0 Å². The van der Waals surface area contributed by atoms with Crippen molar-refractivity contribution in [3.8, 4) is 0 Å². The Hall–Kier alpha value is -2.48. The van der Waals surface area contributed by atoms with Crippen LogP contribution in [0.4, 0.5) is 4.79 Å². The third-order valence-electron chi connectivity index (χ3n) is 9.40. The molecule has 1 aromatic rings. The van der Waals surface area contributed by atoms with Crippen LogP contribution in [-0.4, -0.2) is 51.6 Å². The number of hydrogen-bond donors (Lipinski definition) is 4. The van der Waals surface area contributed by atoms with Crippen LogP contribution in [0.2, 0.25) is 0 Å².